The van der Waals surface area contributed by atoms with E-state index in [-0.39, 0.29) is 5.75 Å². The quantitative estimate of drug-likeness (QED) is 0.615. The Morgan fingerprint density at radius 3 is 2.59 bits per heavy atom. The number of phenolic OH excluding ortho intramolecular Hbond substituents is 1. The van der Waals surface area contributed by atoms with Gasteiger partial charge in [-0.05, 0) is 62.8 Å². The van der Waals surface area contributed by atoms with Crippen molar-refractivity contribution in [2.75, 3.05) is 11.9 Å². The van der Waals surface area contributed by atoms with E-state index < -0.39 is 0 Å². The predicted octanol–water partition coefficient (Wildman–Crippen LogP) is 2.68. The van der Waals surface area contributed by atoms with E-state index in [1.54, 1.807) is 10.7 Å². The van der Waals surface area contributed by atoms with E-state index in [9.17, 15) is 5.11 Å². The van der Waals surface area contributed by atoms with Gasteiger partial charge < -0.3 is 15.7 Å². The maximum atomic E-state index is 10.5. The van der Waals surface area contributed by atoms with Gasteiger partial charge in [0.2, 0.25) is 0 Å². The highest BCUT2D eigenvalue weighted by Crippen LogP contribution is 2.32. The molecule has 2 aliphatic rings. The standard InChI is InChI=1S/C21H25N7O/c1-13-12-28(27-24-13)17-4-5-18(20(29)10-17)19-6-7-21(26-25-19)22-11-14-8-15-2-3-16(9-14)23-15/h4-7,10,12,14-16,23,29H,2-3,8-9,11H2,1H3,(H,22,26). The van der Waals surface area contributed by atoms with E-state index >= 15 is 0 Å². The summed E-state index contributed by atoms with van der Waals surface area (Å²) in [5.74, 6) is 1.59. The van der Waals surface area contributed by atoms with Crippen LogP contribution in [-0.2, 0) is 0 Å². The molecule has 29 heavy (non-hydrogen) atoms. The first-order valence-corrected chi connectivity index (χ1v) is 10.2. The first kappa shape index (κ1) is 18.1. The van der Waals surface area contributed by atoms with E-state index in [0.29, 0.717) is 29.3 Å². The second-order valence-corrected chi connectivity index (χ2v) is 8.17. The van der Waals surface area contributed by atoms with Gasteiger partial charge in [-0.1, -0.05) is 5.21 Å². The number of phenols is 1. The highest BCUT2D eigenvalue weighted by Gasteiger charge is 2.33. The molecule has 3 N–H and O–H groups in total. The minimum Gasteiger partial charge on any atom is -0.507 e. The SMILES string of the molecule is Cc1cn(-c2ccc(-c3ccc(NCC4CC5CCC(C4)N5)nn3)c(O)c2)nn1. The third-order valence-electron chi connectivity index (χ3n) is 5.94. The van der Waals surface area contributed by atoms with Gasteiger partial charge in [0.1, 0.15) is 11.6 Å². The number of nitrogens with one attached hydrogen (secondary N) is 2. The molecule has 4 heterocycles. The summed E-state index contributed by atoms with van der Waals surface area (Å²) < 4.78 is 1.63. The predicted molar refractivity (Wildman–Crippen MR) is 110 cm³/mol. The Kier molecular flexibility index (Phi) is 4.63. The van der Waals surface area contributed by atoms with Crippen molar-refractivity contribution in [3.05, 3.63) is 42.2 Å². The second kappa shape index (κ2) is 7.44. The maximum absolute atomic E-state index is 10.5. The van der Waals surface area contributed by atoms with Crippen LogP contribution in [0.1, 0.15) is 31.4 Å². The molecule has 0 spiro atoms. The molecule has 150 valence electrons. The molecule has 2 aliphatic heterocycles. The van der Waals surface area contributed by atoms with Crippen LogP contribution >= 0.6 is 0 Å². The first-order valence-electron chi connectivity index (χ1n) is 10.2. The number of fused-ring (bicyclic) bond motifs is 2. The monoisotopic (exact) mass is 391 g/mol. The van der Waals surface area contributed by atoms with Gasteiger partial charge in [-0.3, -0.25) is 0 Å². The fourth-order valence-electron chi connectivity index (χ4n) is 4.51. The first-order chi connectivity index (χ1) is 14.1. The average molecular weight is 391 g/mol. The van der Waals surface area contributed by atoms with Crippen LogP contribution in [0.2, 0.25) is 0 Å². The molecule has 2 fully saturated rings. The number of aromatic nitrogens is 5. The van der Waals surface area contributed by atoms with Crippen molar-refractivity contribution in [3.8, 4) is 22.7 Å². The van der Waals surface area contributed by atoms with Gasteiger partial charge in [-0.25, -0.2) is 4.68 Å². The third kappa shape index (κ3) is 3.80. The molecule has 3 aromatic rings. The molecule has 1 aromatic carbocycles. The van der Waals surface area contributed by atoms with E-state index in [1.807, 2.05) is 37.4 Å². The largest absolute Gasteiger partial charge is 0.507 e. The lowest BCUT2D eigenvalue weighted by Crippen LogP contribution is -2.40. The van der Waals surface area contributed by atoms with Crippen LogP contribution in [0.4, 0.5) is 5.82 Å². The number of rotatable bonds is 5. The molecule has 8 nitrogen and oxygen atoms in total. The van der Waals surface area contributed by atoms with Gasteiger partial charge in [0, 0.05) is 30.3 Å². The summed E-state index contributed by atoms with van der Waals surface area (Å²) in [4.78, 5) is 0. The fourth-order valence-corrected chi connectivity index (χ4v) is 4.51. The molecular weight excluding hydrogens is 366 g/mol. The number of piperidine rings is 1. The summed E-state index contributed by atoms with van der Waals surface area (Å²) in [7, 11) is 0. The van der Waals surface area contributed by atoms with Crippen LogP contribution in [0.3, 0.4) is 0 Å². The van der Waals surface area contributed by atoms with Gasteiger partial charge in [0.25, 0.3) is 0 Å². The molecular formula is C21H25N7O. The van der Waals surface area contributed by atoms with Crippen molar-refractivity contribution < 1.29 is 5.11 Å². The van der Waals surface area contributed by atoms with Gasteiger partial charge in [-0.2, -0.15) is 0 Å². The molecule has 2 saturated heterocycles. The Bertz CT molecular complexity index is 989. The number of hydrogen-bond donors (Lipinski definition) is 3. The van der Waals surface area contributed by atoms with Crippen molar-refractivity contribution in [1.82, 2.24) is 30.5 Å². The van der Waals surface area contributed by atoms with Crippen LogP contribution < -0.4 is 10.6 Å². The normalized spacial score (nSPS) is 23.3. The molecule has 0 radical (unpaired) electrons. The second-order valence-electron chi connectivity index (χ2n) is 8.17. The Morgan fingerprint density at radius 1 is 1.10 bits per heavy atom. The summed E-state index contributed by atoms with van der Waals surface area (Å²) in [5, 5.41) is 34.2. The smallest absolute Gasteiger partial charge is 0.148 e. The van der Waals surface area contributed by atoms with Crippen molar-refractivity contribution in [2.45, 2.75) is 44.7 Å². The molecule has 5 rings (SSSR count). The number of benzene rings is 1. The molecule has 0 saturated carbocycles. The third-order valence-corrected chi connectivity index (χ3v) is 5.94. The van der Waals surface area contributed by atoms with Crippen molar-refractivity contribution >= 4 is 5.82 Å². The van der Waals surface area contributed by atoms with Gasteiger partial charge in [-0.15, -0.1) is 15.3 Å². The number of anilines is 1. The van der Waals surface area contributed by atoms with Crippen molar-refractivity contribution in [3.63, 3.8) is 0 Å². The van der Waals surface area contributed by atoms with E-state index in [2.05, 4.69) is 31.1 Å². The van der Waals surface area contributed by atoms with E-state index in [4.69, 9.17) is 0 Å². The van der Waals surface area contributed by atoms with Crippen LogP contribution in [0.25, 0.3) is 16.9 Å². The van der Waals surface area contributed by atoms with Gasteiger partial charge >= 0.3 is 0 Å². The lowest BCUT2D eigenvalue weighted by molar-refractivity contribution is 0.311. The van der Waals surface area contributed by atoms with Crippen LogP contribution in [-0.4, -0.2) is 48.9 Å². The Hall–Kier alpha value is -3.00. The summed E-state index contributed by atoms with van der Waals surface area (Å²) in [5.41, 5.74) is 2.84. The Balaban J connectivity index is 1.25. The molecule has 0 aliphatic carbocycles. The van der Waals surface area contributed by atoms with E-state index in [0.717, 1.165) is 23.7 Å². The number of nitrogens with zero attached hydrogens (tertiary/aromatic N) is 5. The van der Waals surface area contributed by atoms with Gasteiger partial charge in [0.15, 0.2) is 0 Å². The summed E-state index contributed by atoms with van der Waals surface area (Å²) in [6.45, 7) is 2.80. The molecule has 2 aromatic heterocycles. The number of aryl methyl sites for hydroxylation is 1. The van der Waals surface area contributed by atoms with E-state index in [1.165, 1.54) is 25.7 Å². The number of aromatic hydroxyl groups is 1. The van der Waals surface area contributed by atoms with Crippen molar-refractivity contribution in [1.29, 1.82) is 0 Å². The zero-order chi connectivity index (χ0) is 19.8. The molecule has 0 amide bonds. The maximum Gasteiger partial charge on any atom is 0.148 e. The highest BCUT2D eigenvalue weighted by atomic mass is 16.3. The van der Waals surface area contributed by atoms with Crippen LogP contribution in [0, 0.1) is 12.8 Å². The van der Waals surface area contributed by atoms with Crippen molar-refractivity contribution in [2.24, 2.45) is 5.92 Å². The van der Waals surface area contributed by atoms with Gasteiger partial charge in [0.05, 0.1) is 23.3 Å². The lowest BCUT2D eigenvalue weighted by atomic mass is 9.92. The zero-order valence-corrected chi connectivity index (χ0v) is 16.4. The molecule has 2 bridgehead atoms. The minimum atomic E-state index is 0.135. The summed E-state index contributed by atoms with van der Waals surface area (Å²) >= 11 is 0. The number of hydrogen-bond acceptors (Lipinski definition) is 7. The van der Waals surface area contributed by atoms with Crippen LogP contribution in [0.5, 0.6) is 5.75 Å². The summed E-state index contributed by atoms with van der Waals surface area (Å²) in [6, 6.07) is 10.6. The minimum absolute atomic E-state index is 0.135. The zero-order valence-electron chi connectivity index (χ0n) is 16.4. The summed E-state index contributed by atoms with van der Waals surface area (Å²) in [6.07, 6.45) is 6.91. The average Bonchev–Trinajstić information content (AvgIpc) is 3.31. The topological polar surface area (TPSA) is 101 Å². The Morgan fingerprint density at radius 2 is 1.93 bits per heavy atom. The molecule has 2 atom stereocenters. The highest BCUT2D eigenvalue weighted by molar-refractivity contribution is 5.68. The molecule has 2 unspecified atom stereocenters. The fraction of sp³-hybridized carbons (Fsp3) is 0.429. The van der Waals surface area contributed by atoms with Crippen LogP contribution in [0.15, 0.2) is 36.5 Å². The lowest BCUT2D eigenvalue weighted by Gasteiger charge is -2.29. The Labute approximate surface area is 169 Å². The molecule has 8 heteroatoms.